The molecule has 142 valence electrons. The fraction of sp³-hybridized carbons (Fsp3) is 0.455. The molecule has 0 bridgehead atoms. The molecule has 27 heavy (non-hydrogen) atoms. The molecule has 4 rings (SSSR count). The van der Waals surface area contributed by atoms with E-state index in [-0.39, 0.29) is 17.6 Å². The van der Waals surface area contributed by atoms with Gasteiger partial charge in [-0.25, -0.2) is 4.98 Å². The fourth-order valence-corrected chi connectivity index (χ4v) is 4.43. The molecule has 0 saturated carbocycles. The Morgan fingerprint density at radius 2 is 2.00 bits per heavy atom. The first-order chi connectivity index (χ1) is 13.2. The number of nitrogens with one attached hydrogen (secondary N) is 1. The zero-order valence-corrected chi connectivity index (χ0v) is 15.9. The SMILES string of the molecule is CCNC(=O)CC1Cc2ccccc2C2(CCN(c3ccccn3)CC2)O1. The van der Waals surface area contributed by atoms with Gasteiger partial charge in [0.2, 0.25) is 5.91 Å². The molecule has 1 aromatic heterocycles. The lowest BCUT2D eigenvalue weighted by Crippen LogP contribution is -2.49. The molecular formula is C22H27N3O2. The van der Waals surface area contributed by atoms with Gasteiger partial charge in [0, 0.05) is 25.8 Å². The van der Waals surface area contributed by atoms with Crippen LogP contribution in [0.3, 0.4) is 0 Å². The number of anilines is 1. The topological polar surface area (TPSA) is 54.5 Å². The van der Waals surface area contributed by atoms with Crippen LogP contribution >= 0.6 is 0 Å². The van der Waals surface area contributed by atoms with Crippen LogP contribution in [0.25, 0.3) is 0 Å². The summed E-state index contributed by atoms with van der Waals surface area (Å²) in [5.41, 5.74) is 2.33. The van der Waals surface area contributed by atoms with Crippen LogP contribution in [0.4, 0.5) is 5.82 Å². The van der Waals surface area contributed by atoms with Gasteiger partial charge in [0.05, 0.1) is 18.1 Å². The molecule has 0 aliphatic carbocycles. The Balaban J connectivity index is 1.54. The van der Waals surface area contributed by atoms with E-state index >= 15 is 0 Å². The van der Waals surface area contributed by atoms with Gasteiger partial charge in [-0.05, 0) is 49.4 Å². The van der Waals surface area contributed by atoms with Crippen LogP contribution in [-0.4, -0.2) is 36.6 Å². The minimum Gasteiger partial charge on any atom is -0.366 e. The van der Waals surface area contributed by atoms with Crippen LogP contribution in [0.5, 0.6) is 0 Å². The molecule has 1 N–H and O–H groups in total. The molecule has 2 aliphatic heterocycles. The number of rotatable bonds is 4. The molecule has 1 atom stereocenters. The van der Waals surface area contributed by atoms with Gasteiger partial charge in [-0.2, -0.15) is 0 Å². The largest absolute Gasteiger partial charge is 0.366 e. The number of nitrogens with zero attached hydrogens (tertiary/aromatic N) is 2. The zero-order chi connectivity index (χ0) is 18.7. The number of ether oxygens (including phenoxy) is 1. The van der Waals surface area contributed by atoms with Crippen molar-refractivity contribution in [3.8, 4) is 0 Å². The summed E-state index contributed by atoms with van der Waals surface area (Å²) < 4.78 is 6.63. The fourth-order valence-electron chi connectivity index (χ4n) is 4.43. The summed E-state index contributed by atoms with van der Waals surface area (Å²) in [6.07, 6.45) is 4.83. The molecule has 1 amide bonds. The minimum atomic E-state index is -0.294. The predicted molar refractivity (Wildman–Crippen MR) is 106 cm³/mol. The third-order valence-corrected chi connectivity index (χ3v) is 5.68. The molecule has 1 saturated heterocycles. The van der Waals surface area contributed by atoms with Crippen LogP contribution < -0.4 is 10.2 Å². The molecule has 5 nitrogen and oxygen atoms in total. The quantitative estimate of drug-likeness (QED) is 0.905. The molecule has 1 aromatic carbocycles. The lowest BCUT2D eigenvalue weighted by atomic mass is 9.78. The Labute approximate surface area is 160 Å². The summed E-state index contributed by atoms with van der Waals surface area (Å²) in [5.74, 6) is 1.10. The van der Waals surface area contributed by atoms with Gasteiger partial charge in [0.1, 0.15) is 5.82 Å². The van der Waals surface area contributed by atoms with E-state index in [1.807, 2.05) is 25.3 Å². The van der Waals surface area contributed by atoms with E-state index in [4.69, 9.17) is 4.74 Å². The summed E-state index contributed by atoms with van der Waals surface area (Å²) in [7, 11) is 0. The molecule has 2 aromatic rings. The highest BCUT2D eigenvalue weighted by atomic mass is 16.5. The molecule has 1 spiro atoms. The Morgan fingerprint density at radius 1 is 1.22 bits per heavy atom. The van der Waals surface area contributed by atoms with E-state index in [0.29, 0.717) is 13.0 Å². The summed E-state index contributed by atoms with van der Waals surface area (Å²) >= 11 is 0. The van der Waals surface area contributed by atoms with Crippen molar-refractivity contribution < 1.29 is 9.53 Å². The Bertz CT molecular complexity index is 785. The third kappa shape index (κ3) is 3.69. The normalized spacial score (nSPS) is 20.9. The predicted octanol–water partition coefficient (Wildman–Crippen LogP) is 3.04. The molecular weight excluding hydrogens is 338 g/mol. The van der Waals surface area contributed by atoms with Crippen molar-refractivity contribution in [2.24, 2.45) is 0 Å². The van der Waals surface area contributed by atoms with Gasteiger partial charge in [-0.1, -0.05) is 30.3 Å². The summed E-state index contributed by atoms with van der Waals surface area (Å²) in [6.45, 7) is 4.41. The van der Waals surface area contributed by atoms with Crippen molar-refractivity contribution in [2.75, 3.05) is 24.5 Å². The number of aromatic nitrogens is 1. The van der Waals surface area contributed by atoms with Crippen molar-refractivity contribution in [3.63, 3.8) is 0 Å². The van der Waals surface area contributed by atoms with E-state index in [0.717, 1.165) is 38.2 Å². The second kappa shape index (κ2) is 7.69. The van der Waals surface area contributed by atoms with Gasteiger partial charge in [0.25, 0.3) is 0 Å². The van der Waals surface area contributed by atoms with Gasteiger partial charge >= 0.3 is 0 Å². The summed E-state index contributed by atoms with van der Waals surface area (Å²) in [5, 5.41) is 2.90. The number of pyridine rings is 1. The average molecular weight is 365 g/mol. The van der Waals surface area contributed by atoms with Crippen LogP contribution in [-0.2, 0) is 21.6 Å². The van der Waals surface area contributed by atoms with Crippen molar-refractivity contribution >= 4 is 11.7 Å². The molecule has 3 heterocycles. The smallest absolute Gasteiger partial charge is 0.222 e. The van der Waals surface area contributed by atoms with Crippen LogP contribution in [0.2, 0.25) is 0 Å². The van der Waals surface area contributed by atoms with E-state index in [2.05, 4.69) is 45.5 Å². The number of hydrogen-bond acceptors (Lipinski definition) is 4. The second-order valence-electron chi connectivity index (χ2n) is 7.43. The first-order valence-corrected chi connectivity index (χ1v) is 9.89. The third-order valence-electron chi connectivity index (χ3n) is 5.68. The van der Waals surface area contributed by atoms with Crippen molar-refractivity contribution in [1.82, 2.24) is 10.3 Å². The number of hydrogen-bond donors (Lipinski definition) is 1. The summed E-state index contributed by atoms with van der Waals surface area (Å²) in [4.78, 5) is 18.9. The lowest BCUT2D eigenvalue weighted by Gasteiger charge is -2.47. The first-order valence-electron chi connectivity index (χ1n) is 9.89. The number of fused-ring (bicyclic) bond motifs is 2. The first kappa shape index (κ1) is 18.0. The zero-order valence-electron chi connectivity index (χ0n) is 15.9. The van der Waals surface area contributed by atoms with E-state index < -0.39 is 0 Å². The standard InChI is InChI=1S/C22H27N3O2/c1-2-23-21(26)16-18-15-17-7-3-4-8-19(17)22(27-18)10-13-25(14-11-22)20-9-5-6-12-24-20/h3-9,12,18H,2,10-11,13-16H2,1H3,(H,23,26). The highest BCUT2D eigenvalue weighted by Crippen LogP contribution is 2.44. The van der Waals surface area contributed by atoms with E-state index in [1.54, 1.807) is 0 Å². The highest BCUT2D eigenvalue weighted by molar-refractivity contribution is 5.76. The molecule has 2 aliphatic rings. The summed E-state index contributed by atoms with van der Waals surface area (Å²) in [6, 6.07) is 14.6. The van der Waals surface area contributed by atoms with E-state index in [9.17, 15) is 4.79 Å². The van der Waals surface area contributed by atoms with Gasteiger partial charge in [0.15, 0.2) is 0 Å². The van der Waals surface area contributed by atoms with Crippen molar-refractivity contribution in [3.05, 3.63) is 59.8 Å². The molecule has 1 fully saturated rings. The average Bonchev–Trinajstić information content (AvgIpc) is 2.69. The maximum atomic E-state index is 12.1. The molecule has 0 radical (unpaired) electrons. The van der Waals surface area contributed by atoms with Gasteiger partial charge in [-0.15, -0.1) is 0 Å². The number of benzene rings is 1. The second-order valence-corrected chi connectivity index (χ2v) is 7.43. The van der Waals surface area contributed by atoms with E-state index in [1.165, 1.54) is 11.1 Å². The van der Waals surface area contributed by atoms with Crippen LogP contribution in [0.15, 0.2) is 48.7 Å². The number of piperidine rings is 1. The number of carbonyl (C=O) groups is 1. The number of carbonyl (C=O) groups excluding carboxylic acids is 1. The van der Waals surface area contributed by atoms with Crippen molar-refractivity contribution in [1.29, 1.82) is 0 Å². The molecule has 5 heteroatoms. The van der Waals surface area contributed by atoms with Gasteiger partial charge in [-0.3, -0.25) is 4.79 Å². The monoisotopic (exact) mass is 365 g/mol. The van der Waals surface area contributed by atoms with Gasteiger partial charge < -0.3 is 15.0 Å². The lowest BCUT2D eigenvalue weighted by molar-refractivity contribution is -0.141. The minimum absolute atomic E-state index is 0.0622. The maximum Gasteiger partial charge on any atom is 0.222 e. The maximum absolute atomic E-state index is 12.1. The van der Waals surface area contributed by atoms with Crippen LogP contribution in [0.1, 0.15) is 37.3 Å². The molecule has 1 unspecified atom stereocenters. The highest BCUT2D eigenvalue weighted by Gasteiger charge is 2.44. The Kier molecular flexibility index (Phi) is 5.12. The number of amides is 1. The Hall–Kier alpha value is -2.40. The van der Waals surface area contributed by atoms with Crippen molar-refractivity contribution in [2.45, 2.75) is 44.3 Å². The van der Waals surface area contributed by atoms with Crippen LogP contribution in [0, 0.1) is 0 Å². The Morgan fingerprint density at radius 3 is 2.74 bits per heavy atom.